The monoisotopic (exact) mass is 436 g/mol. The van der Waals surface area contributed by atoms with E-state index in [2.05, 4.69) is 0 Å². The molecule has 6 heteroatoms. The molecule has 0 aromatic heterocycles. The van der Waals surface area contributed by atoms with E-state index in [-0.39, 0.29) is 13.2 Å². The number of carbonyl (C=O) groups excluding carboxylic acids is 2. The minimum atomic E-state index is -1.71. The Bertz CT molecular complexity index is 946. The van der Waals surface area contributed by atoms with E-state index in [4.69, 9.17) is 14.5 Å². The number of likely N-dealkylation sites (tertiary alicyclic amines) is 1. The van der Waals surface area contributed by atoms with Crippen molar-refractivity contribution in [3.8, 4) is 0 Å². The van der Waals surface area contributed by atoms with Gasteiger partial charge in [0.25, 0.3) is 0 Å². The first-order valence-corrected chi connectivity index (χ1v) is 11.1. The van der Waals surface area contributed by atoms with Gasteiger partial charge >= 0.3 is 11.9 Å². The summed E-state index contributed by atoms with van der Waals surface area (Å²) in [6.07, 6.45) is 0. The van der Waals surface area contributed by atoms with Crippen LogP contribution in [0.2, 0.25) is 0 Å². The zero-order chi connectivity index (χ0) is 23.4. The van der Waals surface area contributed by atoms with Crippen LogP contribution in [0, 0.1) is 5.41 Å². The fourth-order valence-electron chi connectivity index (χ4n) is 4.22. The van der Waals surface area contributed by atoms with E-state index in [0.717, 1.165) is 5.56 Å². The topological polar surface area (TPSA) is 68.2 Å². The molecule has 1 aliphatic rings. The zero-order valence-electron chi connectivity index (χ0n) is 19.5. The van der Waals surface area contributed by atoms with Crippen molar-refractivity contribution in [1.82, 2.24) is 4.90 Å². The Kier molecular flexibility index (Phi) is 7.02. The van der Waals surface area contributed by atoms with Crippen LogP contribution in [0.3, 0.4) is 0 Å². The van der Waals surface area contributed by atoms with Crippen LogP contribution in [-0.4, -0.2) is 48.0 Å². The van der Waals surface area contributed by atoms with Crippen molar-refractivity contribution in [2.45, 2.75) is 46.1 Å². The van der Waals surface area contributed by atoms with E-state index in [1.807, 2.05) is 86.3 Å². The lowest BCUT2D eigenvalue weighted by atomic mass is 9.73. The summed E-state index contributed by atoms with van der Waals surface area (Å²) in [7, 11) is 0. The van der Waals surface area contributed by atoms with Gasteiger partial charge in [-0.25, -0.2) is 4.99 Å². The second-order valence-electron chi connectivity index (χ2n) is 8.76. The molecule has 1 aliphatic heterocycles. The smallest absolute Gasteiger partial charge is 0.332 e. The normalized spacial score (nSPS) is 19.1. The summed E-state index contributed by atoms with van der Waals surface area (Å²) in [6, 6.07) is 19.0. The van der Waals surface area contributed by atoms with Crippen LogP contribution >= 0.6 is 0 Å². The SMILES string of the molecule is CCOC(=O)C1(C(=O)OCC)C(=Nc2ccccc2)N(C(C)(C)C)C[C@@H]1c1ccccc1. The highest BCUT2D eigenvalue weighted by atomic mass is 16.6. The van der Waals surface area contributed by atoms with Gasteiger partial charge < -0.3 is 14.4 Å². The molecule has 0 unspecified atom stereocenters. The van der Waals surface area contributed by atoms with Crippen LogP contribution in [0.1, 0.15) is 46.1 Å². The summed E-state index contributed by atoms with van der Waals surface area (Å²) in [6.45, 7) is 10.3. The van der Waals surface area contributed by atoms with Crippen molar-refractivity contribution in [2.75, 3.05) is 19.8 Å². The van der Waals surface area contributed by atoms with Gasteiger partial charge in [0.05, 0.1) is 18.9 Å². The molecule has 1 atom stereocenters. The van der Waals surface area contributed by atoms with E-state index in [9.17, 15) is 9.59 Å². The van der Waals surface area contributed by atoms with Gasteiger partial charge in [-0.15, -0.1) is 0 Å². The average molecular weight is 437 g/mol. The second kappa shape index (κ2) is 9.55. The van der Waals surface area contributed by atoms with E-state index < -0.39 is 28.8 Å². The number of nitrogens with zero attached hydrogens (tertiary/aromatic N) is 2. The van der Waals surface area contributed by atoms with Crippen molar-refractivity contribution in [3.05, 3.63) is 66.2 Å². The molecule has 3 rings (SSSR count). The Morgan fingerprint density at radius 2 is 1.44 bits per heavy atom. The number of ether oxygens (including phenoxy) is 2. The Morgan fingerprint density at radius 1 is 0.938 bits per heavy atom. The summed E-state index contributed by atoms with van der Waals surface area (Å²) < 4.78 is 11.1. The van der Waals surface area contributed by atoms with E-state index >= 15 is 0 Å². The lowest BCUT2D eigenvalue weighted by Gasteiger charge is -2.36. The molecule has 1 heterocycles. The van der Waals surface area contributed by atoms with Crippen LogP contribution < -0.4 is 0 Å². The summed E-state index contributed by atoms with van der Waals surface area (Å²) >= 11 is 0. The van der Waals surface area contributed by atoms with E-state index in [0.29, 0.717) is 18.1 Å². The standard InChI is InChI=1S/C26H32N2O4/c1-6-31-23(29)26(24(30)32-7-2)21(19-14-10-8-11-15-19)18-28(25(3,4)5)22(26)27-20-16-12-9-13-17-20/h8-17,21H,6-7,18H2,1-5H3/t21-/m1/s1. The first-order valence-electron chi connectivity index (χ1n) is 11.1. The Balaban J connectivity index is 2.36. The van der Waals surface area contributed by atoms with Crippen molar-refractivity contribution in [1.29, 1.82) is 0 Å². The van der Waals surface area contributed by atoms with Gasteiger partial charge in [-0.2, -0.15) is 0 Å². The van der Waals surface area contributed by atoms with Gasteiger partial charge in [0.1, 0.15) is 5.84 Å². The molecule has 0 N–H and O–H groups in total. The maximum Gasteiger partial charge on any atom is 0.332 e. The Labute approximate surface area is 190 Å². The number of benzene rings is 2. The largest absolute Gasteiger partial charge is 0.465 e. The minimum absolute atomic E-state index is 0.148. The van der Waals surface area contributed by atoms with Crippen molar-refractivity contribution in [2.24, 2.45) is 10.4 Å². The Hall–Kier alpha value is -3.15. The van der Waals surface area contributed by atoms with E-state index in [1.165, 1.54) is 0 Å². The molecule has 0 bridgehead atoms. The van der Waals surface area contributed by atoms with Crippen LogP contribution in [0.5, 0.6) is 0 Å². The minimum Gasteiger partial charge on any atom is -0.465 e. The number of aliphatic imine (C=N–C) groups is 1. The van der Waals surface area contributed by atoms with Gasteiger partial charge in [-0.1, -0.05) is 48.5 Å². The number of amidine groups is 1. The maximum atomic E-state index is 13.7. The number of carbonyl (C=O) groups is 2. The van der Waals surface area contributed by atoms with Crippen molar-refractivity contribution >= 4 is 23.5 Å². The number of para-hydroxylation sites is 1. The molecule has 0 saturated carbocycles. The van der Waals surface area contributed by atoms with Gasteiger partial charge in [0.15, 0.2) is 0 Å². The molecule has 1 fully saturated rings. The van der Waals surface area contributed by atoms with Crippen LogP contribution in [0.4, 0.5) is 5.69 Å². The van der Waals surface area contributed by atoms with Crippen molar-refractivity contribution < 1.29 is 19.1 Å². The molecular weight excluding hydrogens is 404 g/mol. The fourth-order valence-corrected chi connectivity index (χ4v) is 4.22. The van der Waals surface area contributed by atoms with Gasteiger partial charge in [-0.05, 0) is 52.3 Å². The third-order valence-corrected chi connectivity index (χ3v) is 5.69. The zero-order valence-corrected chi connectivity index (χ0v) is 19.5. The molecule has 0 radical (unpaired) electrons. The highest BCUT2D eigenvalue weighted by Crippen LogP contribution is 2.49. The molecule has 0 amide bonds. The average Bonchev–Trinajstić information content (AvgIpc) is 3.11. The summed E-state index contributed by atoms with van der Waals surface area (Å²) in [5.74, 6) is -1.41. The predicted octanol–water partition coefficient (Wildman–Crippen LogP) is 4.73. The highest BCUT2D eigenvalue weighted by Gasteiger charge is 2.66. The molecule has 0 aliphatic carbocycles. The lowest BCUT2D eigenvalue weighted by Crippen LogP contribution is -2.53. The molecule has 2 aromatic carbocycles. The van der Waals surface area contributed by atoms with E-state index in [1.54, 1.807) is 13.8 Å². The molecule has 170 valence electrons. The van der Waals surface area contributed by atoms with Gasteiger partial charge in [-0.3, -0.25) is 9.59 Å². The molecule has 2 aromatic rings. The number of rotatable bonds is 6. The van der Waals surface area contributed by atoms with Crippen LogP contribution in [0.25, 0.3) is 0 Å². The fraction of sp³-hybridized carbons (Fsp3) is 0.423. The number of esters is 2. The lowest BCUT2D eigenvalue weighted by molar-refractivity contribution is -0.167. The third kappa shape index (κ3) is 4.27. The number of hydrogen-bond donors (Lipinski definition) is 0. The first kappa shape index (κ1) is 23.5. The van der Waals surface area contributed by atoms with Crippen LogP contribution in [-0.2, 0) is 19.1 Å². The Morgan fingerprint density at radius 3 is 1.91 bits per heavy atom. The van der Waals surface area contributed by atoms with Gasteiger partial charge in [0.2, 0.25) is 5.41 Å². The molecular formula is C26H32N2O4. The number of hydrogen-bond acceptors (Lipinski definition) is 5. The quantitative estimate of drug-likeness (QED) is 0.484. The molecule has 32 heavy (non-hydrogen) atoms. The van der Waals surface area contributed by atoms with Crippen molar-refractivity contribution in [3.63, 3.8) is 0 Å². The molecule has 6 nitrogen and oxygen atoms in total. The van der Waals surface area contributed by atoms with Gasteiger partial charge in [0, 0.05) is 18.0 Å². The summed E-state index contributed by atoms with van der Waals surface area (Å²) in [5.41, 5.74) is -0.595. The second-order valence-corrected chi connectivity index (χ2v) is 8.76. The predicted molar refractivity (Wildman–Crippen MR) is 125 cm³/mol. The van der Waals surface area contributed by atoms with Crippen LogP contribution in [0.15, 0.2) is 65.7 Å². The third-order valence-electron chi connectivity index (χ3n) is 5.69. The highest BCUT2D eigenvalue weighted by molar-refractivity contribution is 6.24. The molecule has 0 spiro atoms. The molecule has 1 saturated heterocycles. The maximum absolute atomic E-state index is 13.7. The summed E-state index contributed by atoms with van der Waals surface area (Å²) in [5, 5.41) is 0. The summed E-state index contributed by atoms with van der Waals surface area (Å²) in [4.78, 5) is 34.3. The first-order chi connectivity index (χ1) is 15.3.